The molecule has 0 fully saturated rings. The maximum absolute atomic E-state index is 13.2. The molecule has 0 saturated carbocycles. The van der Waals surface area contributed by atoms with Gasteiger partial charge in [0.2, 0.25) is 0 Å². The summed E-state index contributed by atoms with van der Waals surface area (Å²) < 4.78 is 41.6. The van der Waals surface area contributed by atoms with E-state index in [9.17, 15) is 23.1 Å². The Bertz CT molecular complexity index is 1350. The Morgan fingerprint density at radius 3 is 2.45 bits per heavy atom. The summed E-state index contributed by atoms with van der Waals surface area (Å²) in [6.07, 6.45) is -4.52. The molecular formula is C21H14BrF3N4O2. The number of nitrogens with zero attached hydrogens (tertiary/aromatic N) is 4. The summed E-state index contributed by atoms with van der Waals surface area (Å²) in [6, 6.07) is 9.98. The van der Waals surface area contributed by atoms with Crippen LogP contribution in [0.3, 0.4) is 0 Å². The minimum atomic E-state index is -4.52. The molecule has 3 heterocycles. The van der Waals surface area contributed by atoms with Gasteiger partial charge in [-0.1, -0.05) is 15.9 Å². The van der Waals surface area contributed by atoms with E-state index in [4.69, 9.17) is 0 Å². The van der Waals surface area contributed by atoms with Crippen LogP contribution in [0.5, 0.6) is 0 Å². The first kappa shape index (κ1) is 21.0. The molecule has 6 nitrogen and oxygen atoms in total. The molecule has 1 aromatic carbocycles. The molecule has 1 N–H and O–H groups in total. The summed E-state index contributed by atoms with van der Waals surface area (Å²) in [5.74, 6) is -1.11. The van der Waals surface area contributed by atoms with Gasteiger partial charge in [-0.3, -0.25) is 0 Å². The second-order valence-electron chi connectivity index (χ2n) is 6.96. The minimum Gasteiger partial charge on any atom is -0.478 e. The van der Waals surface area contributed by atoms with Crippen LogP contribution in [0.2, 0.25) is 0 Å². The highest BCUT2D eigenvalue weighted by Crippen LogP contribution is 2.31. The molecular weight excluding hydrogens is 477 g/mol. The molecule has 0 amide bonds. The topological polar surface area (TPSA) is 80.9 Å². The zero-order valence-corrected chi connectivity index (χ0v) is 17.8. The normalized spacial score (nSPS) is 11.8. The molecule has 0 bridgehead atoms. The maximum Gasteiger partial charge on any atom is 0.416 e. The molecule has 0 aliphatic rings. The number of carboxylic acids is 1. The van der Waals surface area contributed by atoms with Crippen molar-refractivity contribution in [3.63, 3.8) is 0 Å². The molecule has 4 rings (SSSR count). The maximum atomic E-state index is 13.2. The van der Waals surface area contributed by atoms with Crippen molar-refractivity contribution in [3.05, 3.63) is 69.5 Å². The zero-order valence-electron chi connectivity index (χ0n) is 16.2. The number of carboxylic acid groups (broad SMARTS) is 1. The van der Waals surface area contributed by atoms with E-state index in [2.05, 4.69) is 31.0 Å². The van der Waals surface area contributed by atoms with Crippen molar-refractivity contribution in [1.82, 2.24) is 19.7 Å². The molecule has 10 heteroatoms. The lowest BCUT2D eigenvalue weighted by atomic mass is 10.1. The van der Waals surface area contributed by atoms with Gasteiger partial charge in [0.25, 0.3) is 0 Å². The summed E-state index contributed by atoms with van der Waals surface area (Å²) in [4.78, 5) is 20.5. The summed E-state index contributed by atoms with van der Waals surface area (Å²) in [5.41, 5.74) is 1.01. The number of benzene rings is 1. The second-order valence-corrected chi connectivity index (χ2v) is 7.87. The van der Waals surface area contributed by atoms with Gasteiger partial charge in [-0.05, 0) is 56.3 Å². The van der Waals surface area contributed by atoms with Crippen molar-refractivity contribution in [2.75, 3.05) is 0 Å². The van der Waals surface area contributed by atoms with E-state index in [1.165, 1.54) is 17.7 Å². The Morgan fingerprint density at radius 1 is 1.03 bits per heavy atom. The molecule has 0 radical (unpaired) electrons. The Hall–Kier alpha value is -3.27. The number of hydrogen-bond donors (Lipinski definition) is 1. The predicted molar refractivity (Wildman–Crippen MR) is 111 cm³/mol. The average Bonchev–Trinajstić information content (AvgIpc) is 3.07. The lowest BCUT2D eigenvalue weighted by Gasteiger charge is -2.11. The summed E-state index contributed by atoms with van der Waals surface area (Å²) >= 11 is 3.32. The molecule has 3 aromatic heterocycles. The van der Waals surface area contributed by atoms with Crippen LogP contribution in [0.1, 0.15) is 27.3 Å². The molecule has 0 spiro atoms. The molecule has 158 valence electrons. The molecule has 0 unspecified atom stereocenters. The highest BCUT2D eigenvalue weighted by atomic mass is 79.9. The second kappa shape index (κ2) is 7.45. The number of rotatable bonds is 3. The van der Waals surface area contributed by atoms with Crippen molar-refractivity contribution >= 4 is 32.8 Å². The first-order valence-corrected chi connectivity index (χ1v) is 9.79. The SMILES string of the molecule is Cc1cc(C(F)(F)F)cc(-n2nc(-c3cc(C(=O)O)c4cc(Br)ccc4n3)cc2C)n1. The number of aryl methyl sites for hydroxylation is 2. The van der Waals surface area contributed by atoms with E-state index >= 15 is 0 Å². The molecule has 0 aliphatic heterocycles. The smallest absolute Gasteiger partial charge is 0.416 e. The Labute approximate surface area is 182 Å². The van der Waals surface area contributed by atoms with Gasteiger partial charge in [0.1, 0.15) is 5.69 Å². The van der Waals surface area contributed by atoms with Gasteiger partial charge < -0.3 is 5.11 Å². The van der Waals surface area contributed by atoms with Crippen molar-refractivity contribution in [3.8, 4) is 17.2 Å². The van der Waals surface area contributed by atoms with Gasteiger partial charge in [-0.2, -0.15) is 18.3 Å². The fourth-order valence-corrected chi connectivity index (χ4v) is 3.62. The van der Waals surface area contributed by atoms with E-state index in [-0.39, 0.29) is 22.8 Å². The highest BCUT2D eigenvalue weighted by molar-refractivity contribution is 9.10. The van der Waals surface area contributed by atoms with E-state index in [1.54, 1.807) is 31.2 Å². The highest BCUT2D eigenvalue weighted by Gasteiger charge is 2.31. The predicted octanol–water partition coefficient (Wildman–Crippen LogP) is 5.58. The lowest BCUT2D eigenvalue weighted by molar-refractivity contribution is -0.137. The fourth-order valence-electron chi connectivity index (χ4n) is 3.26. The number of fused-ring (bicyclic) bond motifs is 1. The van der Waals surface area contributed by atoms with Gasteiger partial charge >= 0.3 is 12.1 Å². The first-order chi connectivity index (χ1) is 14.5. The molecule has 31 heavy (non-hydrogen) atoms. The molecule has 0 saturated heterocycles. The van der Waals surface area contributed by atoms with Crippen LogP contribution in [-0.2, 0) is 6.18 Å². The third kappa shape index (κ3) is 4.02. The average molecular weight is 491 g/mol. The van der Waals surface area contributed by atoms with Crippen LogP contribution in [0, 0.1) is 13.8 Å². The molecule has 0 atom stereocenters. The summed E-state index contributed by atoms with van der Waals surface area (Å²) in [6.45, 7) is 3.14. The number of halogens is 4. The van der Waals surface area contributed by atoms with Gasteiger partial charge in [0.05, 0.1) is 22.3 Å². The van der Waals surface area contributed by atoms with E-state index in [0.29, 0.717) is 26.8 Å². The Morgan fingerprint density at radius 2 is 1.77 bits per heavy atom. The van der Waals surface area contributed by atoms with E-state index in [0.717, 1.165) is 12.1 Å². The van der Waals surface area contributed by atoms with E-state index < -0.39 is 17.7 Å². The van der Waals surface area contributed by atoms with Crippen LogP contribution < -0.4 is 0 Å². The first-order valence-electron chi connectivity index (χ1n) is 9.00. The quantitative estimate of drug-likeness (QED) is 0.405. The standard InChI is InChI=1S/C21H14BrF3N4O2/c1-10-5-12(21(23,24)25)7-19(26-10)29-11(2)6-18(28-29)17-9-15(20(30)31)14-8-13(22)3-4-16(14)27-17/h3-9H,1-2H3,(H,30,31). The zero-order chi connectivity index (χ0) is 22.5. The third-order valence-corrected chi connectivity index (χ3v) is 5.13. The summed E-state index contributed by atoms with van der Waals surface area (Å²) in [7, 11) is 0. The van der Waals surface area contributed by atoms with Crippen molar-refractivity contribution < 1.29 is 23.1 Å². The fraction of sp³-hybridized carbons (Fsp3) is 0.143. The molecule has 0 aliphatic carbocycles. The largest absolute Gasteiger partial charge is 0.478 e. The van der Waals surface area contributed by atoms with Gasteiger partial charge in [0, 0.05) is 21.2 Å². The number of carbonyl (C=O) groups is 1. The van der Waals surface area contributed by atoms with Gasteiger partial charge in [-0.25, -0.2) is 19.4 Å². The summed E-state index contributed by atoms with van der Waals surface area (Å²) in [5, 5.41) is 14.5. The van der Waals surface area contributed by atoms with Crippen molar-refractivity contribution in [2.45, 2.75) is 20.0 Å². The number of aromatic carboxylic acids is 1. The number of pyridine rings is 2. The van der Waals surface area contributed by atoms with Crippen LogP contribution in [0.15, 0.2) is 46.9 Å². The Balaban J connectivity index is 1.87. The number of hydrogen-bond acceptors (Lipinski definition) is 4. The van der Waals surface area contributed by atoms with Crippen LogP contribution in [0.25, 0.3) is 28.1 Å². The van der Waals surface area contributed by atoms with Crippen LogP contribution >= 0.6 is 15.9 Å². The lowest BCUT2D eigenvalue weighted by Crippen LogP contribution is -2.10. The van der Waals surface area contributed by atoms with Crippen LogP contribution in [0.4, 0.5) is 13.2 Å². The van der Waals surface area contributed by atoms with Gasteiger partial charge in [-0.15, -0.1) is 0 Å². The van der Waals surface area contributed by atoms with E-state index in [1.807, 2.05) is 0 Å². The van der Waals surface area contributed by atoms with Crippen LogP contribution in [-0.4, -0.2) is 30.8 Å². The minimum absolute atomic E-state index is 0.0132. The van der Waals surface area contributed by atoms with Gasteiger partial charge in [0.15, 0.2) is 5.82 Å². The van der Waals surface area contributed by atoms with Crippen molar-refractivity contribution in [2.24, 2.45) is 0 Å². The molecule has 4 aromatic rings. The Kier molecular flexibility index (Phi) is 5.04. The van der Waals surface area contributed by atoms with Crippen molar-refractivity contribution in [1.29, 1.82) is 0 Å². The number of alkyl halides is 3. The third-order valence-electron chi connectivity index (χ3n) is 4.64. The monoisotopic (exact) mass is 490 g/mol. The number of aromatic nitrogens is 4.